The highest BCUT2D eigenvalue weighted by Gasteiger charge is 2.27. The van der Waals surface area contributed by atoms with Gasteiger partial charge in [-0.1, -0.05) is 28.9 Å². The minimum Gasteiger partial charge on any atom is -0.490 e. The van der Waals surface area contributed by atoms with Crippen LogP contribution in [0, 0.1) is 0 Å². The highest BCUT2D eigenvalue weighted by atomic mass is 79.9. The van der Waals surface area contributed by atoms with Gasteiger partial charge in [0, 0.05) is 22.5 Å². The molecule has 2 nitrogen and oxygen atoms in total. The van der Waals surface area contributed by atoms with Gasteiger partial charge in [0.2, 0.25) is 0 Å². The third-order valence-electron chi connectivity index (χ3n) is 3.43. The Morgan fingerprint density at radius 2 is 2.32 bits per heavy atom. The number of nitrogens with one attached hydrogen (secondary N) is 1. The Morgan fingerprint density at radius 1 is 1.47 bits per heavy atom. The predicted molar refractivity (Wildman–Crippen MR) is 87.2 cm³/mol. The number of ether oxygens (including phenoxy) is 1. The molecule has 4 heteroatoms. The third kappa shape index (κ3) is 4.14. The molecule has 0 bridgehead atoms. The standard InChI is InChI=1S/C15H22BrNOS/c1-3-7-17-14-10-12(6-8-19-2)18-15-9-11(16)4-5-13(14)15/h4-5,9,12,14,17H,3,6-8,10H2,1-2H3. The molecule has 0 radical (unpaired) electrons. The van der Waals surface area contributed by atoms with Gasteiger partial charge in [-0.2, -0.15) is 11.8 Å². The fourth-order valence-corrected chi connectivity index (χ4v) is 3.29. The second-order valence-corrected chi connectivity index (χ2v) is 6.85. The van der Waals surface area contributed by atoms with Crippen molar-refractivity contribution in [3.05, 3.63) is 28.2 Å². The highest BCUT2D eigenvalue weighted by molar-refractivity contribution is 9.10. The monoisotopic (exact) mass is 343 g/mol. The maximum atomic E-state index is 6.14. The quantitative estimate of drug-likeness (QED) is 0.827. The Balaban J connectivity index is 2.14. The molecule has 1 aromatic carbocycles. The summed E-state index contributed by atoms with van der Waals surface area (Å²) in [5.74, 6) is 2.20. The maximum Gasteiger partial charge on any atom is 0.125 e. The highest BCUT2D eigenvalue weighted by Crippen LogP contribution is 2.37. The van der Waals surface area contributed by atoms with E-state index in [1.165, 1.54) is 12.0 Å². The number of rotatable bonds is 6. The molecule has 19 heavy (non-hydrogen) atoms. The van der Waals surface area contributed by atoms with Crippen LogP contribution in [0.3, 0.4) is 0 Å². The summed E-state index contributed by atoms with van der Waals surface area (Å²) in [7, 11) is 0. The van der Waals surface area contributed by atoms with Crippen molar-refractivity contribution >= 4 is 27.7 Å². The van der Waals surface area contributed by atoms with Crippen molar-refractivity contribution in [2.75, 3.05) is 18.6 Å². The van der Waals surface area contributed by atoms with Gasteiger partial charge in [-0.3, -0.25) is 0 Å². The van der Waals surface area contributed by atoms with E-state index in [0.29, 0.717) is 12.1 Å². The molecule has 0 amide bonds. The normalized spacial score (nSPS) is 21.8. The van der Waals surface area contributed by atoms with Crippen molar-refractivity contribution in [2.45, 2.75) is 38.3 Å². The van der Waals surface area contributed by atoms with E-state index in [0.717, 1.165) is 35.4 Å². The molecule has 2 atom stereocenters. The first kappa shape index (κ1) is 15.2. The summed E-state index contributed by atoms with van der Waals surface area (Å²) in [4.78, 5) is 0. The third-order valence-corrected chi connectivity index (χ3v) is 4.57. The zero-order chi connectivity index (χ0) is 13.7. The van der Waals surface area contributed by atoms with Gasteiger partial charge in [0.25, 0.3) is 0 Å². The van der Waals surface area contributed by atoms with Crippen molar-refractivity contribution in [2.24, 2.45) is 0 Å². The van der Waals surface area contributed by atoms with Crippen LogP contribution in [-0.4, -0.2) is 24.7 Å². The first-order valence-corrected chi connectivity index (χ1v) is 9.11. The SMILES string of the molecule is CCCNC1CC(CCSC)Oc2cc(Br)ccc21. The number of halogens is 1. The fourth-order valence-electron chi connectivity index (χ4n) is 2.45. The van der Waals surface area contributed by atoms with Crippen LogP contribution in [0.1, 0.15) is 37.8 Å². The average molecular weight is 344 g/mol. The molecule has 0 saturated carbocycles. The van der Waals surface area contributed by atoms with Gasteiger partial charge in [0.1, 0.15) is 11.9 Å². The van der Waals surface area contributed by atoms with E-state index in [1.54, 1.807) is 0 Å². The smallest absolute Gasteiger partial charge is 0.125 e. The van der Waals surface area contributed by atoms with Gasteiger partial charge in [-0.05, 0) is 43.5 Å². The Labute approximate surface area is 128 Å². The van der Waals surface area contributed by atoms with Crippen LogP contribution >= 0.6 is 27.7 Å². The van der Waals surface area contributed by atoms with Gasteiger partial charge in [-0.15, -0.1) is 0 Å². The van der Waals surface area contributed by atoms with Crippen LogP contribution in [0.5, 0.6) is 5.75 Å². The van der Waals surface area contributed by atoms with E-state index in [2.05, 4.69) is 52.6 Å². The van der Waals surface area contributed by atoms with Crippen LogP contribution in [-0.2, 0) is 0 Å². The van der Waals surface area contributed by atoms with Crippen LogP contribution in [0.4, 0.5) is 0 Å². The van der Waals surface area contributed by atoms with E-state index in [9.17, 15) is 0 Å². The Hall–Kier alpha value is -0.190. The molecule has 0 aromatic heterocycles. The number of hydrogen-bond donors (Lipinski definition) is 1. The summed E-state index contributed by atoms with van der Waals surface area (Å²) in [6.07, 6.45) is 5.86. The largest absolute Gasteiger partial charge is 0.490 e. The molecule has 2 unspecified atom stereocenters. The van der Waals surface area contributed by atoms with E-state index in [4.69, 9.17) is 4.74 Å². The summed E-state index contributed by atoms with van der Waals surface area (Å²) in [5.41, 5.74) is 1.30. The van der Waals surface area contributed by atoms with Gasteiger partial charge in [-0.25, -0.2) is 0 Å². The lowest BCUT2D eigenvalue weighted by Gasteiger charge is -2.33. The van der Waals surface area contributed by atoms with Gasteiger partial charge in [0.05, 0.1) is 0 Å². The molecule has 0 aliphatic carbocycles. The minimum atomic E-state index is 0.337. The molecule has 0 saturated heterocycles. The second-order valence-electron chi connectivity index (χ2n) is 4.95. The zero-order valence-corrected chi connectivity index (χ0v) is 14.0. The lowest BCUT2D eigenvalue weighted by Crippen LogP contribution is -2.33. The minimum absolute atomic E-state index is 0.337. The lowest BCUT2D eigenvalue weighted by molar-refractivity contribution is 0.147. The predicted octanol–water partition coefficient (Wildman–Crippen LogP) is 4.39. The van der Waals surface area contributed by atoms with E-state index in [1.807, 2.05) is 11.8 Å². The molecular formula is C15H22BrNOS. The van der Waals surface area contributed by atoms with Gasteiger partial charge in [0.15, 0.2) is 0 Å². The molecule has 1 N–H and O–H groups in total. The topological polar surface area (TPSA) is 21.3 Å². The number of fused-ring (bicyclic) bond motifs is 1. The Kier molecular flexibility index (Phi) is 6.05. The van der Waals surface area contributed by atoms with Crippen LogP contribution < -0.4 is 10.1 Å². The molecule has 1 aromatic rings. The van der Waals surface area contributed by atoms with Crippen molar-refractivity contribution < 1.29 is 4.74 Å². The fraction of sp³-hybridized carbons (Fsp3) is 0.600. The molecule has 2 rings (SSSR count). The summed E-state index contributed by atoms with van der Waals surface area (Å²) >= 11 is 5.42. The second kappa shape index (κ2) is 7.55. The van der Waals surface area contributed by atoms with Crippen molar-refractivity contribution in [1.29, 1.82) is 0 Å². The maximum absolute atomic E-state index is 6.14. The van der Waals surface area contributed by atoms with Crippen LogP contribution in [0.25, 0.3) is 0 Å². The summed E-state index contributed by atoms with van der Waals surface area (Å²) in [5, 5.41) is 3.65. The van der Waals surface area contributed by atoms with Crippen LogP contribution in [0.15, 0.2) is 22.7 Å². The zero-order valence-electron chi connectivity index (χ0n) is 11.6. The average Bonchev–Trinajstić information content (AvgIpc) is 2.42. The summed E-state index contributed by atoms with van der Waals surface area (Å²) in [6.45, 7) is 3.27. The number of benzene rings is 1. The first-order valence-electron chi connectivity index (χ1n) is 6.93. The summed E-state index contributed by atoms with van der Waals surface area (Å²) < 4.78 is 7.23. The van der Waals surface area contributed by atoms with E-state index in [-0.39, 0.29) is 0 Å². The van der Waals surface area contributed by atoms with Crippen LogP contribution in [0.2, 0.25) is 0 Å². The van der Waals surface area contributed by atoms with Gasteiger partial charge >= 0.3 is 0 Å². The molecule has 1 heterocycles. The molecular weight excluding hydrogens is 322 g/mol. The summed E-state index contributed by atoms with van der Waals surface area (Å²) in [6, 6.07) is 6.81. The van der Waals surface area contributed by atoms with E-state index < -0.39 is 0 Å². The number of hydrogen-bond acceptors (Lipinski definition) is 3. The van der Waals surface area contributed by atoms with Crippen molar-refractivity contribution in [3.63, 3.8) is 0 Å². The lowest BCUT2D eigenvalue weighted by atomic mass is 9.95. The van der Waals surface area contributed by atoms with Gasteiger partial charge < -0.3 is 10.1 Å². The Bertz CT molecular complexity index is 413. The van der Waals surface area contributed by atoms with E-state index >= 15 is 0 Å². The van der Waals surface area contributed by atoms with Crippen molar-refractivity contribution in [3.8, 4) is 5.75 Å². The Morgan fingerprint density at radius 3 is 3.05 bits per heavy atom. The number of thioether (sulfide) groups is 1. The molecule has 106 valence electrons. The van der Waals surface area contributed by atoms with Crippen molar-refractivity contribution in [1.82, 2.24) is 5.32 Å². The molecule has 0 spiro atoms. The molecule has 1 aliphatic rings. The first-order chi connectivity index (χ1) is 9.24. The molecule has 1 aliphatic heterocycles. The molecule has 0 fully saturated rings.